The summed E-state index contributed by atoms with van der Waals surface area (Å²) in [6.45, 7) is 4.68. The molecule has 0 aliphatic rings. The fourth-order valence-corrected chi connectivity index (χ4v) is 2.34. The molecule has 2 rings (SSSR count). The molecule has 0 unspecified atom stereocenters. The van der Waals surface area contributed by atoms with Gasteiger partial charge in [-0.3, -0.25) is 14.6 Å². The van der Waals surface area contributed by atoms with E-state index in [0.29, 0.717) is 18.2 Å². The predicted octanol–water partition coefficient (Wildman–Crippen LogP) is 2.90. The van der Waals surface area contributed by atoms with E-state index in [1.165, 1.54) is 25.4 Å². The number of pyridine rings is 1. The van der Waals surface area contributed by atoms with Gasteiger partial charge in [-0.1, -0.05) is 26.0 Å². The molecule has 0 spiro atoms. The van der Waals surface area contributed by atoms with Crippen LogP contribution in [0.2, 0.25) is 0 Å². The van der Waals surface area contributed by atoms with E-state index in [4.69, 9.17) is 4.74 Å². The second-order valence-electron chi connectivity index (χ2n) is 6.36. The summed E-state index contributed by atoms with van der Waals surface area (Å²) in [5.74, 6) is -0.860. The number of amides is 2. The van der Waals surface area contributed by atoms with Crippen molar-refractivity contribution in [3.63, 3.8) is 0 Å². The normalized spacial score (nSPS) is 10.4. The fourth-order valence-electron chi connectivity index (χ4n) is 2.34. The average Bonchev–Trinajstić information content (AvgIpc) is 2.67. The maximum Gasteiger partial charge on any atom is 0.339 e. The molecule has 1 aromatic carbocycles. The second kappa shape index (κ2) is 9.47. The number of aromatic nitrogens is 1. The summed E-state index contributed by atoms with van der Waals surface area (Å²) in [7, 11) is 1.27. The number of benzene rings is 1. The molecular formula is C20H23N3O4. The highest BCUT2D eigenvalue weighted by Crippen LogP contribution is 2.17. The zero-order valence-corrected chi connectivity index (χ0v) is 15.6. The van der Waals surface area contributed by atoms with Gasteiger partial charge in [-0.25, -0.2) is 4.79 Å². The first-order valence-electron chi connectivity index (χ1n) is 8.65. The third kappa shape index (κ3) is 5.64. The molecule has 0 bridgehead atoms. The number of methoxy groups -OCH3 is 1. The standard InChI is InChI=1S/C20H23N3O4/c1-13(2)8-10-22-19(25)17-12-14(9-11-21-17)18(24)23-16-7-5-4-6-15(16)20(26)27-3/h4-7,9,11-13H,8,10H2,1-3H3,(H,22,25)(H,23,24). The molecule has 0 radical (unpaired) electrons. The molecule has 0 saturated carbocycles. The van der Waals surface area contributed by atoms with Crippen molar-refractivity contribution in [2.45, 2.75) is 20.3 Å². The summed E-state index contributed by atoms with van der Waals surface area (Å²) in [6, 6.07) is 9.45. The van der Waals surface area contributed by atoms with Crippen LogP contribution in [0.25, 0.3) is 0 Å². The van der Waals surface area contributed by atoms with E-state index < -0.39 is 11.9 Å². The van der Waals surface area contributed by atoms with Gasteiger partial charge in [0.25, 0.3) is 11.8 Å². The zero-order valence-electron chi connectivity index (χ0n) is 15.6. The van der Waals surface area contributed by atoms with Gasteiger partial charge in [-0.05, 0) is 36.6 Å². The quantitative estimate of drug-likeness (QED) is 0.732. The van der Waals surface area contributed by atoms with Crippen LogP contribution in [-0.2, 0) is 4.74 Å². The van der Waals surface area contributed by atoms with E-state index in [-0.39, 0.29) is 22.7 Å². The topological polar surface area (TPSA) is 97.4 Å². The molecule has 2 amide bonds. The number of esters is 1. The van der Waals surface area contributed by atoms with Crippen LogP contribution in [0.15, 0.2) is 42.6 Å². The zero-order chi connectivity index (χ0) is 19.8. The van der Waals surface area contributed by atoms with E-state index in [1.807, 2.05) is 0 Å². The Morgan fingerprint density at radius 1 is 1.11 bits per heavy atom. The van der Waals surface area contributed by atoms with Crippen molar-refractivity contribution in [2.24, 2.45) is 5.92 Å². The Balaban J connectivity index is 2.12. The minimum atomic E-state index is -0.550. The number of carbonyl (C=O) groups excluding carboxylic acids is 3. The Morgan fingerprint density at radius 3 is 2.56 bits per heavy atom. The minimum Gasteiger partial charge on any atom is -0.465 e. The third-order valence-electron chi connectivity index (χ3n) is 3.84. The Labute approximate surface area is 158 Å². The number of rotatable bonds is 7. The monoisotopic (exact) mass is 369 g/mol. The van der Waals surface area contributed by atoms with E-state index in [0.717, 1.165) is 6.42 Å². The van der Waals surface area contributed by atoms with E-state index in [1.54, 1.807) is 24.3 Å². The van der Waals surface area contributed by atoms with Gasteiger partial charge in [-0.2, -0.15) is 0 Å². The number of hydrogen-bond acceptors (Lipinski definition) is 5. The number of hydrogen-bond donors (Lipinski definition) is 2. The van der Waals surface area contributed by atoms with Crippen molar-refractivity contribution >= 4 is 23.5 Å². The van der Waals surface area contributed by atoms with Crippen LogP contribution in [-0.4, -0.2) is 36.4 Å². The Hall–Kier alpha value is -3.22. The van der Waals surface area contributed by atoms with Crippen molar-refractivity contribution in [1.29, 1.82) is 0 Å². The van der Waals surface area contributed by atoms with Crippen molar-refractivity contribution in [3.05, 3.63) is 59.4 Å². The molecule has 0 aliphatic carbocycles. The molecule has 142 valence electrons. The molecule has 1 aromatic heterocycles. The number of nitrogens with one attached hydrogen (secondary N) is 2. The van der Waals surface area contributed by atoms with Crippen LogP contribution in [0.4, 0.5) is 5.69 Å². The van der Waals surface area contributed by atoms with Gasteiger partial charge in [0.05, 0.1) is 18.4 Å². The molecule has 0 aliphatic heterocycles. The van der Waals surface area contributed by atoms with Gasteiger partial charge in [0.2, 0.25) is 0 Å². The van der Waals surface area contributed by atoms with Crippen LogP contribution in [0, 0.1) is 5.92 Å². The molecule has 2 N–H and O–H groups in total. The number of para-hydroxylation sites is 1. The summed E-state index contributed by atoms with van der Waals surface area (Å²) in [5, 5.41) is 5.45. The van der Waals surface area contributed by atoms with Gasteiger partial charge in [-0.15, -0.1) is 0 Å². The smallest absolute Gasteiger partial charge is 0.339 e. The molecule has 0 saturated heterocycles. The molecule has 0 fully saturated rings. The lowest BCUT2D eigenvalue weighted by Gasteiger charge is -2.10. The first kappa shape index (κ1) is 20.1. The number of ether oxygens (including phenoxy) is 1. The van der Waals surface area contributed by atoms with Crippen molar-refractivity contribution in [1.82, 2.24) is 10.3 Å². The first-order valence-corrected chi connectivity index (χ1v) is 8.65. The SMILES string of the molecule is COC(=O)c1ccccc1NC(=O)c1ccnc(C(=O)NCCC(C)C)c1. The predicted molar refractivity (Wildman–Crippen MR) is 102 cm³/mol. The fraction of sp³-hybridized carbons (Fsp3) is 0.300. The van der Waals surface area contributed by atoms with Gasteiger partial charge in [0.1, 0.15) is 5.69 Å². The minimum absolute atomic E-state index is 0.160. The third-order valence-corrected chi connectivity index (χ3v) is 3.84. The maximum absolute atomic E-state index is 12.5. The van der Waals surface area contributed by atoms with Gasteiger partial charge >= 0.3 is 5.97 Å². The Morgan fingerprint density at radius 2 is 1.85 bits per heavy atom. The lowest BCUT2D eigenvalue weighted by molar-refractivity contribution is 0.0601. The van der Waals surface area contributed by atoms with E-state index >= 15 is 0 Å². The van der Waals surface area contributed by atoms with Crippen LogP contribution in [0.5, 0.6) is 0 Å². The summed E-state index contributed by atoms with van der Waals surface area (Å²) in [4.78, 5) is 40.5. The molecule has 27 heavy (non-hydrogen) atoms. The highest BCUT2D eigenvalue weighted by atomic mass is 16.5. The lowest BCUT2D eigenvalue weighted by atomic mass is 10.1. The van der Waals surface area contributed by atoms with Gasteiger partial charge < -0.3 is 15.4 Å². The largest absolute Gasteiger partial charge is 0.465 e. The van der Waals surface area contributed by atoms with Crippen molar-refractivity contribution in [2.75, 3.05) is 19.0 Å². The summed E-state index contributed by atoms with van der Waals surface area (Å²) >= 11 is 0. The molecule has 7 nitrogen and oxygen atoms in total. The van der Waals surface area contributed by atoms with Crippen LogP contribution in [0.1, 0.15) is 51.5 Å². The number of carbonyl (C=O) groups is 3. The lowest BCUT2D eigenvalue weighted by Crippen LogP contribution is -2.26. The summed E-state index contributed by atoms with van der Waals surface area (Å²) < 4.78 is 4.72. The highest BCUT2D eigenvalue weighted by Gasteiger charge is 2.16. The first-order chi connectivity index (χ1) is 12.9. The second-order valence-corrected chi connectivity index (χ2v) is 6.36. The number of nitrogens with zero attached hydrogens (tertiary/aromatic N) is 1. The maximum atomic E-state index is 12.5. The molecular weight excluding hydrogens is 346 g/mol. The molecule has 0 atom stereocenters. The Kier molecular flexibility index (Phi) is 7.05. The van der Waals surface area contributed by atoms with Gasteiger partial charge in [0, 0.05) is 18.3 Å². The van der Waals surface area contributed by atoms with Crippen molar-refractivity contribution in [3.8, 4) is 0 Å². The van der Waals surface area contributed by atoms with Crippen molar-refractivity contribution < 1.29 is 19.1 Å². The van der Waals surface area contributed by atoms with Crippen LogP contribution >= 0.6 is 0 Å². The summed E-state index contributed by atoms with van der Waals surface area (Å²) in [5.41, 5.74) is 0.995. The van der Waals surface area contributed by atoms with Gasteiger partial charge in [0.15, 0.2) is 0 Å². The van der Waals surface area contributed by atoms with Crippen LogP contribution < -0.4 is 10.6 Å². The molecule has 1 heterocycles. The molecule has 2 aromatic rings. The van der Waals surface area contributed by atoms with E-state index in [9.17, 15) is 14.4 Å². The van der Waals surface area contributed by atoms with E-state index in [2.05, 4.69) is 29.5 Å². The summed E-state index contributed by atoms with van der Waals surface area (Å²) in [6.07, 6.45) is 2.26. The Bertz CT molecular complexity index is 833. The average molecular weight is 369 g/mol. The highest BCUT2D eigenvalue weighted by molar-refractivity contribution is 6.08. The van der Waals surface area contributed by atoms with Crippen LogP contribution in [0.3, 0.4) is 0 Å². The number of anilines is 1. The molecule has 7 heteroatoms.